The molecule has 0 aliphatic carbocycles. The van der Waals surface area contributed by atoms with E-state index in [4.69, 9.17) is 14.2 Å². The lowest BCUT2D eigenvalue weighted by Crippen LogP contribution is -2.67. The number of amides is 2. The summed E-state index contributed by atoms with van der Waals surface area (Å²) in [4.78, 5) is 44.3. The van der Waals surface area contributed by atoms with Crippen molar-refractivity contribution in [3.8, 4) is 11.5 Å². The summed E-state index contributed by atoms with van der Waals surface area (Å²) in [6.45, 7) is 6.05. The number of piperazine rings is 1. The normalized spacial score (nSPS) is 27.0. The SMILES string of the molecule is CCOC(=O)[C@H]1[C@H]2COc3ccc(C)cc3[C@@H]2N2C(=O)CN(Cc3ccc(OC)cc3)C(=O)[C@@]12C. The minimum atomic E-state index is -1.38. The Morgan fingerprint density at radius 2 is 1.91 bits per heavy atom. The van der Waals surface area contributed by atoms with E-state index >= 15 is 0 Å². The van der Waals surface area contributed by atoms with Crippen LogP contribution in [0.4, 0.5) is 0 Å². The van der Waals surface area contributed by atoms with Crippen LogP contribution in [0.25, 0.3) is 0 Å². The van der Waals surface area contributed by atoms with Gasteiger partial charge in [0, 0.05) is 18.0 Å². The third-order valence-corrected chi connectivity index (χ3v) is 7.52. The van der Waals surface area contributed by atoms with E-state index in [1.807, 2.05) is 49.4 Å². The minimum Gasteiger partial charge on any atom is -0.497 e. The van der Waals surface area contributed by atoms with Crippen molar-refractivity contribution in [3.63, 3.8) is 0 Å². The molecule has 0 spiro atoms. The van der Waals surface area contributed by atoms with Crippen molar-refractivity contribution in [1.29, 1.82) is 0 Å². The molecule has 0 bridgehead atoms. The zero-order valence-electron chi connectivity index (χ0n) is 20.4. The molecule has 3 aliphatic rings. The highest BCUT2D eigenvalue weighted by Gasteiger charge is 2.69. The van der Waals surface area contributed by atoms with Gasteiger partial charge in [-0.05, 0) is 44.5 Å². The second-order valence-corrected chi connectivity index (χ2v) is 9.61. The Morgan fingerprint density at radius 1 is 1.17 bits per heavy atom. The van der Waals surface area contributed by atoms with Gasteiger partial charge < -0.3 is 24.0 Å². The third-order valence-electron chi connectivity index (χ3n) is 7.52. The Morgan fingerprint density at radius 3 is 2.60 bits per heavy atom. The van der Waals surface area contributed by atoms with Crippen LogP contribution in [-0.4, -0.2) is 60.0 Å². The number of hydrogen-bond donors (Lipinski definition) is 0. The van der Waals surface area contributed by atoms with Crippen LogP contribution >= 0.6 is 0 Å². The molecule has 0 unspecified atom stereocenters. The van der Waals surface area contributed by atoms with Gasteiger partial charge in [-0.25, -0.2) is 0 Å². The Kier molecular flexibility index (Phi) is 5.69. The zero-order valence-corrected chi connectivity index (χ0v) is 20.4. The maximum atomic E-state index is 14.1. The van der Waals surface area contributed by atoms with E-state index in [9.17, 15) is 14.4 Å². The summed E-state index contributed by atoms with van der Waals surface area (Å²) in [6, 6.07) is 12.8. The summed E-state index contributed by atoms with van der Waals surface area (Å²) in [5.41, 5.74) is 1.35. The number of hydrogen-bond acceptors (Lipinski definition) is 6. The number of ether oxygens (including phenoxy) is 3. The largest absolute Gasteiger partial charge is 0.497 e. The van der Waals surface area contributed by atoms with Crippen LogP contribution in [0.3, 0.4) is 0 Å². The van der Waals surface area contributed by atoms with Crippen LogP contribution in [0.1, 0.15) is 36.6 Å². The molecule has 4 atom stereocenters. The van der Waals surface area contributed by atoms with Gasteiger partial charge >= 0.3 is 5.97 Å². The summed E-state index contributed by atoms with van der Waals surface area (Å²) in [6.07, 6.45) is 0. The summed E-state index contributed by atoms with van der Waals surface area (Å²) in [7, 11) is 1.59. The molecule has 8 heteroatoms. The Bertz CT molecular complexity index is 1180. The zero-order chi connectivity index (χ0) is 24.9. The minimum absolute atomic E-state index is 0.0543. The van der Waals surface area contributed by atoms with E-state index in [-0.39, 0.29) is 44.0 Å². The van der Waals surface area contributed by atoms with Crippen LogP contribution in [-0.2, 0) is 25.7 Å². The highest BCUT2D eigenvalue weighted by Crippen LogP contribution is 2.56. The summed E-state index contributed by atoms with van der Waals surface area (Å²) < 4.78 is 16.7. The molecular formula is C27H30N2O6. The fourth-order valence-electron chi connectivity index (χ4n) is 6.00. The molecule has 2 aromatic rings. The molecule has 2 amide bonds. The van der Waals surface area contributed by atoms with Crippen molar-refractivity contribution in [1.82, 2.24) is 9.80 Å². The number of aryl methyl sites for hydroxylation is 1. The van der Waals surface area contributed by atoms with Crippen LogP contribution < -0.4 is 9.47 Å². The first-order chi connectivity index (χ1) is 16.8. The first-order valence-corrected chi connectivity index (χ1v) is 11.9. The molecule has 2 aromatic carbocycles. The van der Waals surface area contributed by atoms with E-state index in [2.05, 4.69) is 0 Å². The second kappa shape index (κ2) is 8.59. The van der Waals surface area contributed by atoms with Crippen LogP contribution in [0.15, 0.2) is 42.5 Å². The molecule has 0 aromatic heterocycles. The van der Waals surface area contributed by atoms with Crippen LogP contribution in [0, 0.1) is 18.8 Å². The monoisotopic (exact) mass is 478 g/mol. The topological polar surface area (TPSA) is 85.4 Å². The average molecular weight is 479 g/mol. The van der Waals surface area contributed by atoms with Gasteiger partial charge in [0.1, 0.15) is 23.6 Å². The fraction of sp³-hybridized carbons (Fsp3) is 0.444. The number of benzene rings is 2. The second-order valence-electron chi connectivity index (χ2n) is 9.61. The smallest absolute Gasteiger partial charge is 0.312 e. The van der Waals surface area contributed by atoms with E-state index in [0.717, 1.165) is 16.7 Å². The van der Waals surface area contributed by atoms with Crippen molar-refractivity contribution in [3.05, 3.63) is 59.2 Å². The molecule has 3 aliphatic heterocycles. The van der Waals surface area contributed by atoms with Gasteiger partial charge in [0.25, 0.3) is 0 Å². The van der Waals surface area contributed by atoms with Gasteiger partial charge in [0.05, 0.1) is 32.3 Å². The van der Waals surface area contributed by atoms with Crippen LogP contribution in [0.2, 0.25) is 0 Å². The van der Waals surface area contributed by atoms with E-state index in [1.54, 1.807) is 30.8 Å². The van der Waals surface area contributed by atoms with Crippen molar-refractivity contribution in [2.75, 3.05) is 26.9 Å². The number of carbonyl (C=O) groups excluding carboxylic acids is 3. The van der Waals surface area contributed by atoms with Gasteiger partial charge in [0.15, 0.2) is 0 Å². The number of fused-ring (bicyclic) bond motifs is 5. The van der Waals surface area contributed by atoms with Crippen LogP contribution in [0.5, 0.6) is 11.5 Å². The highest BCUT2D eigenvalue weighted by atomic mass is 16.5. The van der Waals surface area contributed by atoms with Crippen molar-refractivity contribution in [2.45, 2.75) is 38.9 Å². The fourth-order valence-corrected chi connectivity index (χ4v) is 6.00. The average Bonchev–Trinajstić information content (AvgIpc) is 3.13. The molecule has 2 fully saturated rings. The molecule has 3 heterocycles. The number of nitrogens with zero attached hydrogens (tertiary/aromatic N) is 2. The lowest BCUT2D eigenvalue weighted by molar-refractivity contribution is -0.170. The Balaban J connectivity index is 1.57. The lowest BCUT2D eigenvalue weighted by Gasteiger charge is -2.47. The summed E-state index contributed by atoms with van der Waals surface area (Å²) in [5, 5.41) is 0. The molecule has 8 nitrogen and oxygen atoms in total. The Labute approximate surface area is 204 Å². The molecule has 5 rings (SSSR count). The molecule has 0 radical (unpaired) electrons. The molecule has 35 heavy (non-hydrogen) atoms. The summed E-state index contributed by atoms with van der Waals surface area (Å²) >= 11 is 0. The molecule has 2 saturated heterocycles. The van der Waals surface area contributed by atoms with Gasteiger partial charge in [-0.2, -0.15) is 0 Å². The molecule has 184 valence electrons. The number of rotatable bonds is 5. The van der Waals surface area contributed by atoms with Gasteiger partial charge in [-0.3, -0.25) is 14.4 Å². The Hall–Kier alpha value is -3.55. The molecule has 0 N–H and O–H groups in total. The third kappa shape index (κ3) is 3.54. The number of esters is 1. The van der Waals surface area contributed by atoms with E-state index < -0.39 is 23.5 Å². The maximum Gasteiger partial charge on any atom is 0.312 e. The summed E-state index contributed by atoms with van der Waals surface area (Å²) in [5.74, 6) is -0.738. The van der Waals surface area contributed by atoms with Gasteiger partial charge in [0.2, 0.25) is 11.8 Å². The standard InChI is InChI=1S/C27H30N2O6/c1-5-34-25(31)23-20-15-35-21-11-6-16(2)12-19(21)24(20)29-22(30)14-28(26(32)27(23,29)3)13-17-7-9-18(33-4)10-8-17/h6-12,20,23-24H,5,13-15H2,1-4H3/t20-,23-,24+,27-/m1/s1. The lowest BCUT2D eigenvalue weighted by atomic mass is 9.77. The number of methoxy groups -OCH3 is 1. The van der Waals surface area contributed by atoms with Gasteiger partial charge in [-0.15, -0.1) is 0 Å². The molecule has 0 saturated carbocycles. The van der Waals surface area contributed by atoms with Crippen molar-refractivity contribution < 1.29 is 28.6 Å². The first-order valence-electron chi connectivity index (χ1n) is 11.9. The maximum absolute atomic E-state index is 14.1. The predicted octanol–water partition coefficient (Wildman–Crippen LogP) is 2.88. The number of carbonyl (C=O) groups is 3. The van der Waals surface area contributed by atoms with E-state index in [0.29, 0.717) is 11.5 Å². The highest BCUT2D eigenvalue weighted by molar-refractivity contribution is 6.02. The predicted molar refractivity (Wildman–Crippen MR) is 127 cm³/mol. The van der Waals surface area contributed by atoms with Crippen molar-refractivity contribution >= 4 is 17.8 Å². The molecular weight excluding hydrogens is 448 g/mol. The van der Waals surface area contributed by atoms with Gasteiger partial charge in [-0.1, -0.05) is 29.8 Å². The first kappa shape index (κ1) is 23.2. The van der Waals surface area contributed by atoms with E-state index in [1.165, 1.54) is 0 Å². The van der Waals surface area contributed by atoms with Crippen molar-refractivity contribution in [2.24, 2.45) is 11.8 Å². The quantitative estimate of drug-likeness (QED) is 0.615.